The molecule has 0 unspecified atom stereocenters. The maximum absolute atomic E-state index is 12.5. The van der Waals surface area contributed by atoms with Gasteiger partial charge in [0.05, 0.1) is 0 Å². The van der Waals surface area contributed by atoms with Gasteiger partial charge in [0.25, 0.3) is 5.41 Å². The van der Waals surface area contributed by atoms with Crippen molar-refractivity contribution in [3.8, 4) is 0 Å². The van der Waals surface area contributed by atoms with E-state index < -0.39 is 29.8 Å². The van der Waals surface area contributed by atoms with E-state index in [0.29, 0.717) is 25.7 Å². The van der Waals surface area contributed by atoms with E-state index in [9.17, 15) is 31.1 Å². The number of carbonyl (C=O) groups excluding carboxylic acids is 1. The van der Waals surface area contributed by atoms with Gasteiger partial charge in [-0.25, -0.2) is 0 Å². The summed E-state index contributed by atoms with van der Waals surface area (Å²) in [6.07, 6.45) is -10.4. The summed E-state index contributed by atoms with van der Waals surface area (Å²) in [5.74, 6) is -2.27. The highest BCUT2D eigenvalue weighted by atomic mass is 19.4. The summed E-state index contributed by atoms with van der Waals surface area (Å²) in [6, 6.07) is 0. The minimum Gasteiger partial charge on any atom is -0.461 e. The average molecular weight is 278 g/mol. The van der Waals surface area contributed by atoms with Crippen LogP contribution in [0.25, 0.3) is 0 Å². The van der Waals surface area contributed by atoms with Gasteiger partial charge in [-0.3, -0.25) is 4.79 Å². The van der Waals surface area contributed by atoms with Crippen LogP contribution in [0.2, 0.25) is 0 Å². The molecule has 0 aromatic rings. The first kappa shape index (κ1) is 15.1. The number of alkyl halides is 6. The third-order valence-corrected chi connectivity index (χ3v) is 3.12. The molecule has 1 fully saturated rings. The Morgan fingerprint density at radius 2 is 1.39 bits per heavy atom. The second-order valence-corrected chi connectivity index (χ2v) is 4.43. The Morgan fingerprint density at radius 1 is 1.00 bits per heavy atom. The zero-order valence-corrected chi connectivity index (χ0v) is 9.49. The van der Waals surface area contributed by atoms with Gasteiger partial charge in [0.1, 0.15) is 6.10 Å². The van der Waals surface area contributed by atoms with Gasteiger partial charge in [-0.2, -0.15) is 26.3 Å². The van der Waals surface area contributed by atoms with Crippen molar-refractivity contribution in [2.75, 3.05) is 0 Å². The standard InChI is InChI=1S/C10H12F6O2/c1-8(9(11,12)13,10(14,15)16)7(17)18-6-4-2-3-5-6/h6H,2-5H2,1H3. The molecule has 0 aromatic heterocycles. The molecule has 8 heteroatoms. The van der Waals surface area contributed by atoms with Crippen LogP contribution in [-0.2, 0) is 9.53 Å². The van der Waals surface area contributed by atoms with Gasteiger partial charge in [-0.05, 0) is 32.6 Å². The van der Waals surface area contributed by atoms with E-state index in [1.165, 1.54) is 0 Å². The molecule has 0 aromatic carbocycles. The zero-order chi connectivity index (χ0) is 14.2. The number of carbonyl (C=O) groups is 1. The number of rotatable bonds is 2. The topological polar surface area (TPSA) is 26.3 Å². The number of hydrogen-bond acceptors (Lipinski definition) is 2. The zero-order valence-electron chi connectivity index (χ0n) is 9.49. The van der Waals surface area contributed by atoms with Crippen LogP contribution in [0, 0.1) is 5.41 Å². The Morgan fingerprint density at radius 3 is 1.72 bits per heavy atom. The van der Waals surface area contributed by atoms with Crippen molar-refractivity contribution in [3.05, 3.63) is 0 Å². The van der Waals surface area contributed by atoms with E-state index in [2.05, 4.69) is 4.74 Å². The van der Waals surface area contributed by atoms with E-state index in [-0.39, 0.29) is 6.92 Å². The van der Waals surface area contributed by atoms with Gasteiger partial charge in [-0.15, -0.1) is 0 Å². The highest BCUT2D eigenvalue weighted by molar-refractivity contribution is 5.78. The van der Waals surface area contributed by atoms with Crippen LogP contribution in [0.1, 0.15) is 32.6 Å². The Bertz CT molecular complexity index is 299. The molecule has 1 saturated carbocycles. The minimum absolute atomic E-state index is 0.190. The normalized spacial score (nSPS) is 19.1. The summed E-state index contributed by atoms with van der Waals surface area (Å²) in [6.45, 7) is -0.190. The maximum Gasteiger partial charge on any atom is 0.413 e. The molecule has 0 aliphatic heterocycles. The van der Waals surface area contributed by atoms with E-state index in [1.54, 1.807) is 0 Å². The molecule has 0 amide bonds. The van der Waals surface area contributed by atoms with Gasteiger partial charge in [0.15, 0.2) is 0 Å². The first-order valence-electron chi connectivity index (χ1n) is 5.34. The summed E-state index contributed by atoms with van der Waals surface area (Å²) in [5, 5.41) is 0. The summed E-state index contributed by atoms with van der Waals surface area (Å²) in [4.78, 5) is 11.3. The first-order valence-corrected chi connectivity index (χ1v) is 5.34. The fourth-order valence-corrected chi connectivity index (χ4v) is 1.67. The van der Waals surface area contributed by atoms with Crippen LogP contribution in [-0.4, -0.2) is 24.4 Å². The molecule has 0 heterocycles. The predicted molar refractivity (Wildman–Crippen MR) is 48.6 cm³/mol. The van der Waals surface area contributed by atoms with Gasteiger partial charge in [0.2, 0.25) is 0 Å². The second-order valence-electron chi connectivity index (χ2n) is 4.43. The van der Waals surface area contributed by atoms with Crippen LogP contribution >= 0.6 is 0 Å². The fourth-order valence-electron chi connectivity index (χ4n) is 1.67. The molecule has 1 aliphatic carbocycles. The summed E-state index contributed by atoms with van der Waals surface area (Å²) < 4.78 is 79.4. The molecular weight excluding hydrogens is 266 g/mol. The highest BCUT2D eigenvalue weighted by Gasteiger charge is 2.73. The van der Waals surface area contributed by atoms with Crippen molar-refractivity contribution in [1.82, 2.24) is 0 Å². The van der Waals surface area contributed by atoms with Crippen molar-refractivity contribution >= 4 is 5.97 Å². The molecule has 0 spiro atoms. The molecule has 18 heavy (non-hydrogen) atoms. The molecule has 0 saturated heterocycles. The minimum atomic E-state index is -5.74. The fraction of sp³-hybridized carbons (Fsp3) is 0.900. The Kier molecular flexibility index (Phi) is 3.88. The Hall–Kier alpha value is -0.950. The Balaban J connectivity index is 2.93. The molecule has 0 radical (unpaired) electrons. The van der Waals surface area contributed by atoms with Gasteiger partial charge in [0, 0.05) is 0 Å². The van der Waals surface area contributed by atoms with Crippen molar-refractivity contribution in [3.63, 3.8) is 0 Å². The largest absolute Gasteiger partial charge is 0.461 e. The van der Waals surface area contributed by atoms with Gasteiger partial charge >= 0.3 is 18.3 Å². The van der Waals surface area contributed by atoms with Crippen molar-refractivity contribution in [2.24, 2.45) is 5.41 Å². The molecule has 0 N–H and O–H groups in total. The predicted octanol–water partition coefficient (Wildman–Crippen LogP) is 3.60. The summed E-state index contributed by atoms with van der Waals surface area (Å²) >= 11 is 0. The van der Waals surface area contributed by atoms with E-state index >= 15 is 0 Å². The molecule has 0 bridgehead atoms. The lowest BCUT2D eigenvalue weighted by Crippen LogP contribution is -2.54. The third kappa shape index (κ3) is 2.56. The van der Waals surface area contributed by atoms with E-state index in [0.717, 1.165) is 0 Å². The molecule has 0 atom stereocenters. The summed E-state index contributed by atoms with van der Waals surface area (Å²) in [7, 11) is 0. The third-order valence-electron chi connectivity index (χ3n) is 3.12. The average Bonchev–Trinajstić information content (AvgIpc) is 2.65. The van der Waals surface area contributed by atoms with Crippen molar-refractivity contribution < 1.29 is 35.9 Å². The van der Waals surface area contributed by atoms with Gasteiger partial charge < -0.3 is 4.74 Å². The smallest absolute Gasteiger partial charge is 0.413 e. The maximum atomic E-state index is 12.5. The number of hydrogen-bond donors (Lipinski definition) is 0. The molecule has 2 nitrogen and oxygen atoms in total. The number of halogens is 6. The van der Waals surface area contributed by atoms with E-state index in [1.807, 2.05) is 0 Å². The quantitative estimate of drug-likeness (QED) is 0.570. The lowest BCUT2D eigenvalue weighted by atomic mass is 9.89. The van der Waals surface area contributed by atoms with Crippen LogP contribution in [0.5, 0.6) is 0 Å². The van der Waals surface area contributed by atoms with E-state index in [4.69, 9.17) is 0 Å². The van der Waals surface area contributed by atoms with Crippen LogP contribution in [0.4, 0.5) is 26.3 Å². The number of esters is 1. The van der Waals surface area contributed by atoms with Crippen molar-refractivity contribution in [2.45, 2.75) is 51.1 Å². The van der Waals surface area contributed by atoms with Crippen molar-refractivity contribution in [1.29, 1.82) is 0 Å². The first-order chi connectivity index (χ1) is 8.00. The molecule has 1 aliphatic rings. The van der Waals surface area contributed by atoms with Crippen LogP contribution < -0.4 is 0 Å². The van der Waals surface area contributed by atoms with Gasteiger partial charge in [-0.1, -0.05) is 0 Å². The molecular formula is C10H12F6O2. The Labute approximate surface area is 99.3 Å². The summed E-state index contributed by atoms with van der Waals surface area (Å²) in [5.41, 5.74) is -4.47. The molecule has 106 valence electrons. The molecule has 1 rings (SSSR count). The lowest BCUT2D eigenvalue weighted by molar-refractivity contribution is -0.327. The monoisotopic (exact) mass is 278 g/mol. The van der Waals surface area contributed by atoms with Crippen LogP contribution in [0.3, 0.4) is 0 Å². The second kappa shape index (κ2) is 4.62. The SMILES string of the molecule is CC(C(=O)OC1CCCC1)(C(F)(F)F)C(F)(F)F. The van der Waals surface area contributed by atoms with Crippen LogP contribution in [0.15, 0.2) is 0 Å². The number of ether oxygens (including phenoxy) is 1. The lowest BCUT2D eigenvalue weighted by Gasteiger charge is -2.32. The highest BCUT2D eigenvalue weighted by Crippen LogP contribution is 2.51.